The van der Waals surface area contributed by atoms with Gasteiger partial charge in [-0.3, -0.25) is 0 Å². The van der Waals surface area contributed by atoms with E-state index in [1.54, 1.807) is 11.6 Å². The van der Waals surface area contributed by atoms with Gasteiger partial charge in [0.25, 0.3) is 0 Å². The molecular formula is C13H23IN2O3Si. The van der Waals surface area contributed by atoms with Crippen molar-refractivity contribution in [1.29, 1.82) is 0 Å². The molecule has 5 nitrogen and oxygen atoms in total. The maximum Gasteiger partial charge on any atom is 0.357 e. The number of hydrogen-bond donors (Lipinski definition) is 0. The second kappa shape index (κ2) is 7.55. The fourth-order valence-electron chi connectivity index (χ4n) is 1.58. The topological polar surface area (TPSA) is 53.3 Å². The van der Waals surface area contributed by atoms with Gasteiger partial charge in [0.1, 0.15) is 6.73 Å². The normalized spacial score (nSPS) is 11.7. The van der Waals surface area contributed by atoms with Crippen LogP contribution in [-0.2, 0) is 16.2 Å². The number of rotatable bonds is 7. The predicted octanol–water partition coefficient (Wildman–Crippen LogP) is 3.29. The molecule has 1 aromatic heterocycles. The summed E-state index contributed by atoms with van der Waals surface area (Å²) in [6, 6.07) is 1.10. The molecule has 1 heterocycles. The first-order valence-electron chi connectivity index (χ1n) is 6.74. The average molecular weight is 410 g/mol. The number of aromatic nitrogens is 2. The second-order valence-electron chi connectivity index (χ2n) is 5.82. The Bertz CT molecular complexity index is 469. The standard InChI is InChI=1S/C13H23IN2O3Si/c1-6-19-13(17)12-11(14)10(2)15-16(12)9-18-7-8-20(3,4)5/h6-9H2,1-5H3. The van der Waals surface area contributed by atoms with Crippen LogP contribution in [0.3, 0.4) is 0 Å². The number of ether oxygens (including phenoxy) is 2. The second-order valence-corrected chi connectivity index (χ2v) is 12.5. The van der Waals surface area contributed by atoms with Crippen LogP contribution in [0.2, 0.25) is 25.7 Å². The number of hydrogen-bond acceptors (Lipinski definition) is 4. The molecule has 114 valence electrons. The monoisotopic (exact) mass is 410 g/mol. The summed E-state index contributed by atoms with van der Waals surface area (Å²) >= 11 is 2.12. The van der Waals surface area contributed by atoms with E-state index < -0.39 is 8.07 Å². The highest BCUT2D eigenvalue weighted by molar-refractivity contribution is 14.1. The molecule has 0 fully saturated rings. The quantitative estimate of drug-likeness (QED) is 0.300. The van der Waals surface area contributed by atoms with Gasteiger partial charge in [-0.1, -0.05) is 19.6 Å². The van der Waals surface area contributed by atoms with Gasteiger partial charge in [-0.2, -0.15) is 5.10 Å². The molecule has 0 atom stereocenters. The molecule has 0 N–H and O–H groups in total. The summed E-state index contributed by atoms with van der Waals surface area (Å²) in [6.45, 7) is 11.9. The zero-order chi connectivity index (χ0) is 15.3. The smallest absolute Gasteiger partial charge is 0.357 e. The van der Waals surface area contributed by atoms with Crippen molar-refractivity contribution in [3.63, 3.8) is 0 Å². The Labute approximate surface area is 135 Å². The molecule has 0 radical (unpaired) electrons. The summed E-state index contributed by atoms with van der Waals surface area (Å²) in [6.07, 6.45) is 0. The molecule has 0 aliphatic carbocycles. The first kappa shape index (κ1) is 17.6. The third-order valence-corrected chi connectivity index (χ3v) is 5.73. The minimum Gasteiger partial charge on any atom is -0.461 e. The highest BCUT2D eigenvalue weighted by Crippen LogP contribution is 2.18. The van der Waals surface area contributed by atoms with Gasteiger partial charge in [-0.25, -0.2) is 9.48 Å². The highest BCUT2D eigenvalue weighted by atomic mass is 127. The lowest BCUT2D eigenvalue weighted by molar-refractivity contribution is 0.0453. The van der Waals surface area contributed by atoms with Crippen LogP contribution in [0.5, 0.6) is 0 Å². The van der Waals surface area contributed by atoms with Crippen LogP contribution in [0, 0.1) is 10.5 Å². The van der Waals surface area contributed by atoms with Crippen molar-refractivity contribution in [2.24, 2.45) is 0 Å². The third-order valence-electron chi connectivity index (χ3n) is 2.73. The molecule has 0 spiro atoms. The summed E-state index contributed by atoms with van der Waals surface area (Å²) in [7, 11) is -1.10. The fraction of sp³-hybridized carbons (Fsp3) is 0.692. The van der Waals surface area contributed by atoms with Crippen LogP contribution in [-0.4, -0.2) is 37.0 Å². The molecule has 0 saturated carbocycles. The third kappa shape index (κ3) is 5.17. The van der Waals surface area contributed by atoms with Gasteiger partial charge < -0.3 is 9.47 Å². The Morgan fingerprint density at radius 3 is 2.60 bits per heavy atom. The summed E-state index contributed by atoms with van der Waals surface area (Å²) in [5.74, 6) is -0.341. The van der Waals surface area contributed by atoms with Crippen molar-refractivity contribution < 1.29 is 14.3 Å². The number of nitrogens with zero attached hydrogens (tertiary/aromatic N) is 2. The van der Waals surface area contributed by atoms with Gasteiger partial charge in [-0.05, 0) is 42.5 Å². The lowest BCUT2D eigenvalue weighted by atomic mass is 10.4. The molecule has 7 heteroatoms. The van der Waals surface area contributed by atoms with Crippen LogP contribution >= 0.6 is 22.6 Å². The van der Waals surface area contributed by atoms with E-state index >= 15 is 0 Å². The fourth-order valence-corrected chi connectivity index (χ4v) is 2.94. The van der Waals surface area contributed by atoms with Crippen molar-refractivity contribution in [1.82, 2.24) is 9.78 Å². The number of aryl methyl sites for hydroxylation is 1. The molecule has 0 aliphatic rings. The lowest BCUT2D eigenvalue weighted by Gasteiger charge is -2.15. The molecule has 0 unspecified atom stereocenters. The maximum absolute atomic E-state index is 12.0. The highest BCUT2D eigenvalue weighted by Gasteiger charge is 2.21. The zero-order valence-corrected chi connectivity index (χ0v) is 16.0. The van der Waals surface area contributed by atoms with E-state index in [4.69, 9.17) is 9.47 Å². The first-order chi connectivity index (χ1) is 9.26. The molecule has 0 aromatic carbocycles. The van der Waals surface area contributed by atoms with Gasteiger partial charge in [-0.15, -0.1) is 0 Å². The molecule has 1 rings (SSSR count). The van der Waals surface area contributed by atoms with Gasteiger partial charge in [0.05, 0.1) is 15.9 Å². The van der Waals surface area contributed by atoms with Crippen LogP contribution in [0.4, 0.5) is 0 Å². The summed E-state index contributed by atoms with van der Waals surface area (Å²) in [5, 5.41) is 4.34. The molecule has 0 aliphatic heterocycles. The van der Waals surface area contributed by atoms with E-state index in [1.165, 1.54) is 0 Å². The Morgan fingerprint density at radius 2 is 2.05 bits per heavy atom. The van der Waals surface area contributed by atoms with E-state index in [2.05, 4.69) is 47.3 Å². The lowest BCUT2D eigenvalue weighted by Crippen LogP contribution is -2.22. The van der Waals surface area contributed by atoms with Crippen LogP contribution < -0.4 is 0 Å². The molecular weight excluding hydrogens is 387 g/mol. The SMILES string of the molecule is CCOC(=O)c1c(I)c(C)nn1COCC[Si](C)(C)C. The van der Waals surface area contributed by atoms with Crippen molar-refractivity contribution in [3.8, 4) is 0 Å². The number of esters is 1. The van der Waals surface area contributed by atoms with Crippen molar-refractivity contribution >= 4 is 36.6 Å². The van der Waals surface area contributed by atoms with Gasteiger partial charge in [0.15, 0.2) is 5.69 Å². The van der Waals surface area contributed by atoms with Gasteiger partial charge in [0, 0.05) is 14.7 Å². The van der Waals surface area contributed by atoms with E-state index in [-0.39, 0.29) is 5.97 Å². The van der Waals surface area contributed by atoms with Gasteiger partial charge >= 0.3 is 5.97 Å². The summed E-state index contributed by atoms with van der Waals surface area (Å²) in [4.78, 5) is 12.0. The van der Waals surface area contributed by atoms with E-state index in [1.807, 2.05) is 6.92 Å². The molecule has 0 amide bonds. The molecule has 20 heavy (non-hydrogen) atoms. The van der Waals surface area contributed by atoms with Crippen LogP contribution in [0.25, 0.3) is 0 Å². The number of carbonyl (C=O) groups excluding carboxylic acids is 1. The maximum atomic E-state index is 12.0. The Balaban J connectivity index is 2.70. The largest absolute Gasteiger partial charge is 0.461 e. The number of halogens is 1. The van der Waals surface area contributed by atoms with Crippen molar-refractivity contribution in [3.05, 3.63) is 15.0 Å². The van der Waals surface area contributed by atoms with E-state index in [0.717, 1.165) is 15.3 Å². The molecule has 1 aromatic rings. The predicted molar refractivity (Wildman–Crippen MR) is 89.7 cm³/mol. The van der Waals surface area contributed by atoms with E-state index in [0.29, 0.717) is 25.6 Å². The molecule has 0 bridgehead atoms. The van der Waals surface area contributed by atoms with Crippen LogP contribution in [0.1, 0.15) is 23.1 Å². The Kier molecular flexibility index (Phi) is 6.66. The Hall–Kier alpha value is -0.413. The summed E-state index contributed by atoms with van der Waals surface area (Å²) in [5.41, 5.74) is 1.31. The summed E-state index contributed by atoms with van der Waals surface area (Å²) < 4.78 is 13.2. The minimum absolute atomic E-state index is 0.294. The first-order valence-corrected chi connectivity index (χ1v) is 11.5. The van der Waals surface area contributed by atoms with Crippen LogP contribution in [0.15, 0.2) is 0 Å². The number of carbonyl (C=O) groups is 1. The average Bonchev–Trinajstić information content (AvgIpc) is 2.60. The van der Waals surface area contributed by atoms with E-state index in [9.17, 15) is 4.79 Å². The minimum atomic E-state index is -1.10. The van der Waals surface area contributed by atoms with Crippen molar-refractivity contribution in [2.45, 2.75) is 46.3 Å². The zero-order valence-electron chi connectivity index (χ0n) is 12.8. The van der Waals surface area contributed by atoms with Crippen molar-refractivity contribution in [2.75, 3.05) is 13.2 Å². The van der Waals surface area contributed by atoms with Gasteiger partial charge in [0.2, 0.25) is 0 Å². The molecule has 0 saturated heterocycles. The Morgan fingerprint density at radius 1 is 1.40 bits per heavy atom.